The summed E-state index contributed by atoms with van der Waals surface area (Å²) in [6.07, 6.45) is 7.02. The molecule has 0 aliphatic carbocycles. The van der Waals surface area contributed by atoms with Crippen LogP contribution in [0, 0.1) is 0 Å². The largest absolute Gasteiger partial charge is 2.00 e. The zero-order chi connectivity index (χ0) is 10.7. The number of unbranched alkanes of at least 4 members (excludes halogenated alkanes) is 3. The summed E-state index contributed by atoms with van der Waals surface area (Å²) in [4.78, 5) is 18.9. The molecule has 0 rings (SSSR count). The Hall–Kier alpha value is 0.530. The van der Waals surface area contributed by atoms with Crippen LogP contribution in [-0.2, 0) is 9.59 Å². The molecule has 0 spiro atoms. The first-order chi connectivity index (χ1) is 5.97. The molecule has 0 heterocycles. The molecule has 0 bridgehead atoms. The molecule has 0 radical (unpaired) electrons. The fourth-order valence-corrected chi connectivity index (χ4v) is 0.447. The van der Waals surface area contributed by atoms with Crippen molar-refractivity contribution in [1.82, 2.24) is 0 Å². The maximum Gasteiger partial charge on any atom is 2.00 e. The summed E-state index contributed by atoms with van der Waals surface area (Å²) in [7, 11) is 0. The first-order valence-electron chi connectivity index (χ1n) is 4.41. The predicted octanol–water partition coefficient (Wildman–Crippen LogP) is 2.14. The maximum atomic E-state index is 11.7. The van der Waals surface area contributed by atoms with Crippen molar-refractivity contribution in [3.63, 3.8) is 0 Å². The van der Waals surface area contributed by atoms with Crippen LogP contribution in [0.3, 0.4) is 0 Å². The molecule has 0 aliphatic heterocycles. The molecule has 0 aromatic heterocycles. The molecule has 14 heavy (non-hydrogen) atoms. The van der Waals surface area contributed by atoms with Crippen molar-refractivity contribution < 1.29 is 14.0 Å². The third-order valence-corrected chi connectivity index (χ3v) is 1.13. The molecule has 0 unspecified atom stereocenters. The Morgan fingerprint density at radius 1 is 1.21 bits per heavy atom. The van der Waals surface area contributed by atoms with Crippen molar-refractivity contribution in [2.75, 3.05) is 0 Å². The van der Waals surface area contributed by atoms with Crippen molar-refractivity contribution in [1.29, 1.82) is 0 Å². The molecular formula is C10H17CaFO2. The smallest absolute Gasteiger partial charge is 0.542 e. The maximum absolute atomic E-state index is 11.7. The van der Waals surface area contributed by atoms with Crippen LogP contribution in [0.5, 0.6) is 0 Å². The fraction of sp³-hybridized carbons (Fsp3) is 0.800. The van der Waals surface area contributed by atoms with Gasteiger partial charge >= 0.3 is 37.7 Å². The topological polar surface area (TPSA) is 34.1 Å². The van der Waals surface area contributed by atoms with Gasteiger partial charge in [0.2, 0.25) is 0 Å². The zero-order valence-electron chi connectivity index (χ0n) is 9.23. The molecular weight excluding hydrogens is 211 g/mol. The van der Waals surface area contributed by atoms with E-state index in [0.717, 1.165) is 26.7 Å². The van der Waals surface area contributed by atoms with Gasteiger partial charge in [0.1, 0.15) is 0 Å². The van der Waals surface area contributed by atoms with E-state index in [4.69, 9.17) is 0 Å². The molecule has 0 N–H and O–H groups in total. The molecule has 78 valence electrons. The van der Waals surface area contributed by atoms with Crippen molar-refractivity contribution in [3.05, 3.63) is 0 Å². The molecule has 0 aliphatic rings. The molecule has 0 fully saturated rings. The minimum Gasteiger partial charge on any atom is -0.542 e. The van der Waals surface area contributed by atoms with Gasteiger partial charge in [-0.05, 0) is 0 Å². The summed E-state index contributed by atoms with van der Waals surface area (Å²) in [6.45, 7) is 4.42. The molecule has 0 amide bonds. The third-order valence-electron chi connectivity index (χ3n) is 1.13. The van der Waals surface area contributed by atoms with E-state index < -0.39 is 5.67 Å². The standard InChI is InChI=1S/C6H11O.C4H6FO.Ca/c1-2-3-4-5-6-7;1-4(2,5)3-6;/h2-5H2,1H3;1-2H3;/q2*-1;+2. The molecule has 0 saturated carbocycles. The Labute approximate surface area is 116 Å². The van der Waals surface area contributed by atoms with Gasteiger partial charge in [-0.3, -0.25) is 10.7 Å². The van der Waals surface area contributed by atoms with E-state index in [-0.39, 0.29) is 37.7 Å². The van der Waals surface area contributed by atoms with Crippen molar-refractivity contribution in [3.8, 4) is 0 Å². The predicted molar refractivity (Wildman–Crippen MR) is 56.5 cm³/mol. The fourth-order valence-electron chi connectivity index (χ4n) is 0.447. The Morgan fingerprint density at radius 2 is 1.64 bits per heavy atom. The van der Waals surface area contributed by atoms with Gasteiger partial charge in [-0.2, -0.15) is 6.42 Å². The van der Waals surface area contributed by atoms with E-state index >= 15 is 0 Å². The molecule has 2 nitrogen and oxygen atoms in total. The van der Waals surface area contributed by atoms with Crippen LogP contribution < -0.4 is 0 Å². The second-order valence-electron chi connectivity index (χ2n) is 3.18. The first-order valence-corrected chi connectivity index (χ1v) is 4.41. The minimum absolute atomic E-state index is 0. The monoisotopic (exact) mass is 228 g/mol. The van der Waals surface area contributed by atoms with Crippen molar-refractivity contribution >= 4 is 50.3 Å². The van der Waals surface area contributed by atoms with Crippen molar-refractivity contribution in [2.24, 2.45) is 0 Å². The van der Waals surface area contributed by atoms with Crippen LogP contribution >= 0.6 is 0 Å². The van der Waals surface area contributed by atoms with Crippen LogP contribution in [0.15, 0.2) is 0 Å². The minimum atomic E-state index is -1.76. The number of hydrogen-bond acceptors (Lipinski definition) is 2. The van der Waals surface area contributed by atoms with Crippen LogP contribution in [0.4, 0.5) is 4.39 Å². The number of hydrogen-bond donors (Lipinski definition) is 0. The molecule has 0 aromatic carbocycles. The van der Waals surface area contributed by atoms with Gasteiger partial charge in [0.05, 0.1) is 0 Å². The van der Waals surface area contributed by atoms with E-state index in [1.807, 2.05) is 6.29 Å². The number of alkyl halides is 1. The summed E-state index contributed by atoms with van der Waals surface area (Å²) in [6, 6.07) is 0. The van der Waals surface area contributed by atoms with Gasteiger partial charge < -0.3 is 9.59 Å². The molecule has 0 saturated heterocycles. The Kier molecular flexibility index (Phi) is 19.3. The van der Waals surface area contributed by atoms with Gasteiger partial charge in [0.15, 0.2) is 0 Å². The second kappa shape index (κ2) is 13.5. The number of carbonyl (C=O) groups excluding carboxylic acids is 2. The van der Waals surface area contributed by atoms with Gasteiger partial charge in [0, 0.05) is 5.67 Å². The van der Waals surface area contributed by atoms with Crippen LogP contribution in [0.2, 0.25) is 0 Å². The molecule has 0 atom stereocenters. The summed E-state index contributed by atoms with van der Waals surface area (Å²) >= 11 is 0. The molecule has 4 heteroatoms. The average molecular weight is 228 g/mol. The van der Waals surface area contributed by atoms with Crippen molar-refractivity contribution in [2.45, 2.75) is 52.1 Å². The van der Waals surface area contributed by atoms with E-state index in [1.165, 1.54) is 12.7 Å². The second-order valence-corrected chi connectivity index (χ2v) is 3.18. The van der Waals surface area contributed by atoms with E-state index in [2.05, 4.69) is 6.92 Å². The SMILES string of the molecule is CC(C)(F)[C-]=O.CCCCC[C-]=O.[Ca+2]. The first kappa shape index (κ1) is 20.0. The normalized spacial score (nSPS) is 9.14. The molecule has 0 aromatic rings. The van der Waals surface area contributed by atoms with Crippen LogP contribution in [0.1, 0.15) is 46.5 Å². The van der Waals surface area contributed by atoms with E-state index in [9.17, 15) is 14.0 Å². The Morgan fingerprint density at radius 3 is 1.86 bits per heavy atom. The summed E-state index contributed by atoms with van der Waals surface area (Å²) in [5, 5.41) is 0. The van der Waals surface area contributed by atoms with Gasteiger partial charge in [-0.1, -0.05) is 40.0 Å². The van der Waals surface area contributed by atoms with Crippen LogP contribution in [-0.4, -0.2) is 56.0 Å². The number of halogens is 1. The van der Waals surface area contributed by atoms with Crippen LogP contribution in [0.25, 0.3) is 0 Å². The summed E-state index contributed by atoms with van der Waals surface area (Å²) in [5.74, 6) is 0. The van der Waals surface area contributed by atoms with Gasteiger partial charge in [-0.25, -0.2) is 6.29 Å². The average Bonchev–Trinajstić information content (AvgIpc) is 2.06. The van der Waals surface area contributed by atoms with Gasteiger partial charge in [0.25, 0.3) is 0 Å². The van der Waals surface area contributed by atoms with E-state index in [1.54, 1.807) is 0 Å². The summed E-state index contributed by atoms with van der Waals surface area (Å²) < 4.78 is 11.7. The number of rotatable bonds is 5. The third kappa shape index (κ3) is 29.4. The van der Waals surface area contributed by atoms with E-state index in [0.29, 0.717) is 6.42 Å². The Bertz CT molecular complexity index is 133. The summed E-state index contributed by atoms with van der Waals surface area (Å²) in [5.41, 5.74) is -1.76. The Balaban J connectivity index is -0.000000163. The quantitative estimate of drug-likeness (QED) is 0.410. The van der Waals surface area contributed by atoms with Gasteiger partial charge in [-0.15, -0.1) is 0 Å². The zero-order valence-corrected chi connectivity index (χ0v) is 11.4.